The van der Waals surface area contributed by atoms with E-state index < -0.39 is 0 Å². The molecule has 0 atom stereocenters. The van der Waals surface area contributed by atoms with E-state index >= 15 is 0 Å². The largest absolute Gasteiger partial charge is 0.305 e. The molecule has 1 aliphatic carbocycles. The van der Waals surface area contributed by atoms with Crippen LogP contribution in [0.15, 0.2) is 36.5 Å². The van der Waals surface area contributed by atoms with Gasteiger partial charge >= 0.3 is 0 Å². The first kappa shape index (κ1) is 16.2. The molecule has 1 aromatic heterocycles. The highest BCUT2D eigenvalue weighted by atomic mass is 15.3. The number of hydrogen-bond acceptors (Lipinski definition) is 3. The van der Waals surface area contributed by atoms with Crippen LogP contribution < -0.4 is 0 Å². The van der Waals surface area contributed by atoms with E-state index in [2.05, 4.69) is 70.9 Å². The highest BCUT2D eigenvalue weighted by Crippen LogP contribution is 2.35. The predicted molar refractivity (Wildman–Crippen MR) is 94.1 cm³/mol. The summed E-state index contributed by atoms with van der Waals surface area (Å²) >= 11 is 0. The third-order valence-corrected chi connectivity index (χ3v) is 4.41. The van der Waals surface area contributed by atoms with Gasteiger partial charge in [0.1, 0.15) is 0 Å². The van der Waals surface area contributed by atoms with Gasteiger partial charge in [-0.2, -0.15) is 5.10 Å². The number of aromatic nitrogens is 2. The summed E-state index contributed by atoms with van der Waals surface area (Å²) in [6, 6.07) is 11.8. The van der Waals surface area contributed by atoms with Crippen LogP contribution in [-0.4, -0.2) is 40.2 Å². The quantitative estimate of drug-likeness (QED) is 0.747. The lowest BCUT2D eigenvalue weighted by Crippen LogP contribution is -2.24. The lowest BCUT2D eigenvalue weighted by atomic mass is 10.1. The first-order valence-electron chi connectivity index (χ1n) is 8.63. The molecule has 0 bridgehead atoms. The van der Waals surface area contributed by atoms with Crippen molar-refractivity contribution in [1.82, 2.24) is 19.6 Å². The zero-order valence-electron chi connectivity index (χ0n) is 14.6. The molecule has 0 saturated heterocycles. The highest BCUT2D eigenvalue weighted by Gasteiger charge is 2.26. The second-order valence-corrected chi connectivity index (χ2v) is 6.86. The fourth-order valence-electron chi connectivity index (χ4n) is 3.00. The van der Waals surface area contributed by atoms with Crippen LogP contribution in [0.3, 0.4) is 0 Å². The Morgan fingerprint density at radius 2 is 1.65 bits per heavy atom. The molecule has 23 heavy (non-hydrogen) atoms. The van der Waals surface area contributed by atoms with Crippen LogP contribution in [0.25, 0.3) is 0 Å². The number of benzene rings is 1. The van der Waals surface area contributed by atoms with Gasteiger partial charge in [0.15, 0.2) is 0 Å². The average Bonchev–Trinajstić information content (AvgIpc) is 3.27. The standard InChI is InChI=1S/C19H28N4/c1-4-22(15-19-11-12-20-23(19)18-9-10-18)14-17-7-5-16(6-8-17)13-21(2)3/h5-8,11-12,18H,4,9-10,13-15H2,1-3H3. The Hall–Kier alpha value is -1.65. The molecule has 0 amide bonds. The normalized spacial score (nSPS) is 14.8. The smallest absolute Gasteiger partial charge is 0.0527 e. The number of nitrogens with zero attached hydrogens (tertiary/aromatic N) is 4. The van der Waals surface area contributed by atoms with E-state index in [-0.39, 0.29) is 0 Å². The first-order valence-corrected chi connectivity index (χ1v) is 8.63. The van der Waals surface area contributed by atoms with Gasteiger partial charge in [-0.25, -0.2) is 0 Å². The van der Waals surface area contributed by atoms with Gasteiger partial charge in [-0.3, -0.25) is 9.58 Å². The Kier molecular flexibility index (Phi) is 5.13. The monoisotopic (exact) mass is 312 g/mol. The van der Waals surface area contributed by atoms with E-state index in [4.69, 9.17) is 0 Å². The maximum Gasteiger partial charge on any atom is 0.0527 e. The third-order valence-electron chi connectivity index (χ3n) is 4.41. The van der Waals surface area contributed by atoms with E-state index in [1.807, 2.05) is 6.20 Å². The summed E-state index contributed by atoms with van der Waals surface area (Å²) < 4.78 is 2.23. The van der Waals surface area contributed by atoms with Crippen LogP contribution in [0, 0.1) is 0 Å². The Morgan fingerprint density at radius 3 is 2.22 bits per heavy atom. The fraction of sp³-hybridized carbons (Fsp3) is 0.526. The molecular weight excluding hydrogens is 284 g/mol. The van der Waals surface area contributed by atoms with E-state index in [9.17, 15) is 0 Å². The van der Waals surface area contributed by atoms with Crippen molar-refractivity contribution < 1.29 is 0 Å². The summed E-state index contributed by atoms with van der Waals surface area (Å²) in [6.07, 6.45) is 4.51. The molecule has 2 aromatic rings. The molecule has 0 aliphatic heterocycles. The van der Waals surface area contributed by atoms with Crippen molar-refractivity contribution in [2.45, 2.75) is 45.4 Å². The summed E-state index contributed by atoms with van der Waals surface area (Å²) in [4.78, 5) is 4.68. The second kappa shape index (κ2) is 7.28. The molecule has 1 fully saturated rings. The Labute approximate surface area is 139 Å². The minimum absolute atomic E-state index is 0.657. The van der Waals surface area contributed by atoms with Crippen molar-refractivity contribution in [3.05, 3.63) is 53.3 Å². The maximum absolute atomic E-state index is 4.50. The van der Waals surface area contributed by atoms with Crippen LogP contribution in [0.4, 0.5) is 0 Å². The van der Waals surface area contributed by atoms with Gasteiger partial charge in [0.05, 0.1) is 11.7 Å². The SMILES string of the molecule is CCN(Cc1ccc(CN(C)C)cc1)Cc1ccnn1C1CC1. The Balaban J connectivity index is 1.61. The van der Waals surface area contributed by atoms with Crippen molar-refractivity contribution in [2.24, 2.45) is 0 Å². The lowest BCUT2D eigenvalue weighted by molar-refractivity contribution is 0.262. The van der Waals surface area contributed by atoms with Gasteiger partial charge in [-0.05, 0) is 50.7 Å². The van der Waals surface area contributed by atoms with E-state index in [0.29, 0.717) is 6.04 Å². The summed E-state index contributed by atoms with van der Waals surface area (Å²) in [5.74, 6) is 0. The summed E-state index contributed by atoms with van der Waals surface area (Å²) in [5, 5.41) is 4.50. The fourth-order valence-corrected chi connectivity index (χ4v) is 3.00. The van der Waals surface area contributed by atoms with Crippen molar-refractivity contribution in [1.29, 1.82) is 0 Å². The molecule has 3 rings (SSSR count). The molecule has 0 unspecified atom stereocenters. The molecule has 4 nitrogen and oxygen atoms in total. The molecule has 124 valence electrons. The summed E-state index contributed by atoms with van der Waals surface area (Å²) in [7, 11) is 4.21. The van der Waals surface area contributed by atoms with Gasteiger partial charge in [0.25, 0.3) is 0 Å². The van der Waals surface area contributed by atoms with Crippen molar-refractivity contribution in [3.63, 3.8) is 0 Å². The Morgan fingerprint density at radius 1 is 1.00 bits per heavy atom. The molecule has 1 aliphatic rings. The van der Waals surface area contributed by atoms with Gasteiger partial charge in [-0.15, -0.1) is 0 Å². The van der Waals surface area contributed by atoms with Crippen LogP contribution in [0.2, 0.25) is 0 Å². The first-order chi connectivity index (χ1) is 11.2. The van der Waals surface area contributed by atoms with Crippen LogP contribution in [0.1, 0.15) is 42.6 Å². The van der Waals surface area contributed by atoms with E-state index in [1.54, 1.807) is 0 Å². The lowest BCUT2D eigenvalue weighted by Gasteiger charge is -2.21. The van der Waals surface area contributed by atoms with Crippen molar-refractivity contribution >= 4 is 0 Å². The molecule has 0 spiro atoms. The van der Waals surface area contributed by atoms with E-state index in [1.165, 1.54) is 29.7 Å². The van der Waals surface area contributed by atoms with Gasteiger partial charge in [0.2, 0.25) is 0 Å². The molecule has 0 N–H and O–H groups in total. The van der Waals surface area contributed by atoms with Crippen molar-refractivity contribution in [2.75, 3.05) is 20.6 Å². The van der Waals surface area contributed by atoms with Gasteiger partial charge in [-0.1, -0.05) is 31.2 Å². The van der Waals surface area contributed by atoms with Gasteiger partial charge < -0.3 is 4.90 Å². The summed E-state index contributed by atoms with van der Waals surface area (Å²) in [5.41, 5.74) is 4.10. The highest BCUT2D eigenvalue weighted by molar-refractivity contribution is 5.22. The predicted octanol–water partition coefficient (Wildman–Crippen LogP) is 3.30. The molecule has 0 radical (unpaired) electrons. The number of rotatable bonds is 8. The van der Waals surface area contributed by atoms with Crippen LogP contribution >= 0.6 is 0 Å². The molecule has 4 heteroatoms. The zero-order valence-corrected chi connectivity index (χ0v) is 14.6. The van der Waals surface area contributed by atoms with Crippen LogP contribution in [0.5, 0.6) is 0 Å². The topological polar surface area (TPSA) is 24.3 Å². The van der Waals surface area contributed by atoms with Gasteiger partial charge in [0, 0.05) is 25.8 Å². The number of hydrogen-bond donors (Lipinski definition) is 0. The van der Waals surface area contributed by atoms with Crippen molar-refractivity contribution in [3.8, 4) is 0 Å². The minimum Gasteiger partial charge on any atom is -0.305 e. The average molecular weight is 312 g/mol. The molecule has 1 saturated carbocycles. The maximum atomic E-state index is 4.50. The molecule has 1 aromatic carbocycles. The molecular formula is C19H28N4. The van der Waals surface area contributed by atoms with Crippen LogP contribution in [-0.2, 0) is 19.6 Å². The molecule has 1 heterocycles. The zero-order chi connectivity index (χ0) is 16.2. The summed E-state index contributed by atoms with van der Waals surface area (Å²) in [6.45, 7) is 6.26. The Bertz CT molecular complexity index is 611. The second-order valence-electron chi connectivity index (χ2n) is 6.86. The minimum atomic E-state index is 0.657. The third kappa shape index (κ3) is 4.43. The van der Waals surface area contributed by atoms with E-state index in [0.717, 1.165) is 26.2 Å².